The Hall–Kier alpha value is -2.40. The van der Waals surface area contributed by atoms with Gasteiger partial charge >= 0.3 is 6.18 Å². The number of benzene rings is 2. The average Bonchev–Trinajstić information content (AvgIpc) is 3.36. The maximum absolute atomic E-state index is 14.1. The van der Waals surface area contributed by atoms with Crippen LogP contribution in [0.5, 0.6) is 0 Å². The van der Waals surface area contributed by atoms with E-state index >= 15 is 0 Å². The molecule has 1 aliphatic rings. The molecular formula is C20H10F4IN. The van der Waals surface area contributed by atoms with Gasteiger partial charge in [-0.2, -0.15) is 18.4 Å². The van der Waals surface area contributed by atoms with E-state index in [1.165, 1.54) is 0 Å². The van der Waals surface area contributed by atoms with Crippen LogP contribution in [0.2, 0.25) is 0 Å². The summed E-state index contributed by atoms with van der Waals surface area (Å²) in [5, 5.41) is 9.50. The van der Waals surface area contributed by atoms with E-state index in [0.29, 0.717) is 14.7 Å². The quantitative estimate of drug-likeness (QED) is 0.277. The van der Waals surface area contributed by atoms with Crippen molar-refractivity contribution in [2.24, 2.45) is 0 Å². The van der Waals surface area contributed by atoms with Crippen molar-refractivity contribution in [3.63, 3.8) is 0 Å². The Morgan fingerprint density at radius 1 is 0.808 bits per heavy atom. The number of alkyl halides is 3. The zero-order valence-corrected chi connectivity index (χ0v) is 15.3. The van der Waals surface area contributed by atoms with Gasteiger partial charge in [0.2, 0.25) is 5.83 Å². The smallest absolute Gasteiger partial charge is 0.201 e. The highest BCUT2D eigenvalue weighted by atomic mass is 127. The fourth-order valence-electron chi connectivity index (χ4n) is 2.62. The minimum atomic E-state index is -5.10. The molecule has 1 fully saturated rings. The molecule has 0 aromatic heterocycles. The lowest BCUT2D eigenvalue weighted by atomic mass is 10.1. The van der Waals surface area contributed by atoms with Crippen molar-refractivity contribution in [1.29, 1.82) is 5.26 Å². The molecule has 6 heteroatoms. The molecule has 0 heterocycles. The van der Waals surface area contributed by atoms with Gasteiger partial charge in [0.25, 0.3) is 0 Å². The van der Waals surface area contributed by atoms with E-state index in [1.54, 1.807) is 60.7 Å². The van der Waals surface area contributed by atoms with Crippen LogP contribution in [0.15, 0.2) is 83.2 Å². The van der Waals surface area contributed by atoms with Crippen molar-refractivity contribution in [3.8, 4) is 6.07 Å². The second kappa shape index (κ2) is 7.08. The lowest BCUT2D eigenvalue weighted by molar-refractivity contribution is -0.109. The Balaban J connectivity index is 2.30. The van der Waals surface area contributed by atoms with Gasteiger partial charge in [-0.05, 0) is 33.7 Å². The van der Waals surface area contributed by atoms with Crippen molar-refractivity contribution in [2.45, 2.75) is 6.18 Å². The van der Waals surface area contributed by atoms with E-state index in [9.17, 15) is 22.8 Å². The first-order valence-corrected chi connectivity index (χ1v) is 8.57. The average molecular weight is 467 g/mol. The number of hydrogen-bond acceptors (Lipinski definition) is 1. The topological polar surface area (TPSA) is 23.8 Å². The van der Waals surface area contributed by atoms with Crippen LogP contribution in [0.3, 0.4) is 0 Å². The standard InChI is InChI=1S/C20H10F4IN/c21-19(20(22,23)24)17-15(14(11-26)12-7-3-1-4-8-12)16(17)18(25)13-9-5-2-6-10-13/h1-10H/b15-14+,18-16?,19-17+. The molecule has 0 atom stereocenters. The van der Waals surface area contributed by atoms with E-state index in [0.717, 1.165) is 0 Å². The third kappa shape index (κ3) is 3.44. The number of rotatable bonds is 2. The summed E-state index contributed by atoms with van der Waals surface area (Å²) in [7, 11) is 0. The minimum absolute atomic E-state index is 0.0155. The third-order valence-electron chi connectivity index (χ3n) is 3.83. The van der Waals surface area contributed by atoms with Crippen LogP contribution in [0.1, 0.15) is 11.1 Å². The SMILES string of the molecule is N#C/C(=C1/C(=C(I)c2ccccc2)/C1=C(/F)C(F)(F)F)c1ccccc1. The van der Waals surface area contributed by atoms with Gasteiger partial charge in [0.1, 0.15) is 6.07 Å². The first-order valence-electron chi connectivity index (χ1n) is 7.49. The van der Waals surface area contributed by atoms with Gasteiger partial charge in [-0.3, -0.25) is 0 Å². The van der Waals surface area contributed by atoms with Gasteiger partial charge in [-0.1, -0.05) is 60.7 Å². The number of nitriles is 1. The van der Waals surface area contributed by atoms with Gasteiger partial charge in [0.05, 0.1) is 5.57 Å². The van der Waals surface area contributed by atoms with E-state index < -0.39 is 17.6 Å². The van der Waals surface area contributed by atoms with Crippen molar-refractivity contribution in [2.75, 3.05) is 0 Å². The normalized spacial score (nSPS) is 19.5. The number of nitrogens with zero attached hydrogens (tertiary/aromatic N) is 1. The molecule has 0 bridgehead atoms. The van der Waals surface area contributed by atoms with E-state index in [1.807, 2.05) is 28.7 Å². The molecule has 0 radical (unpaired) electrons. The largest absolute Gasteiger partial charge is 0.443 e. The highest BCUT2D eigenvalue weighted by molar-refractivity contribution is 14.1. The van der Waals surface area contributed by atoms with E-state index in [4.69, 9.17) is 0 Å². The summed E-state index contributed by atoms with van der Waals surface area (Å²) >= 11 is 1.89. The highest BCUT2D eigenvalue weighted by Gasteiger charge is 2.48. The summed E-state index contributed by atoms with van der Waals surface area (Å²) in [6, 6.07) is 18.9. The van der Waals surface area contributed by atoms with Crippen molar-refractivity contribution < 1.29 is 17.6 Å². The van der Waals surface area contributed by atoms with Crippen LogP contribution in [0, 0.1) is 11.3 Å². The Kier molecular flexibility index (Phi) is 5.01. The monoisotopic (exact) mass is 467 g/mol. The van der Waals surface area contributed by atoms with Crippen LogP contribution in [0.25, 0.3) is 9.15 Å². The fourth-order valence-corrected chi connectivity index (χ4v) is 3.52. The lowest BCUT2D eigenvalue weighted by Gasteiger charge is -2.00. The van der Waals surface area contributed by atoms with E-state index in [2.05, 4.69) is 0 Å². The lowest BCUT2D eigenvalue weighted by Crippen LogP contribution is -2.07. The molecule has 0 spiro atoms. The summed E-state index contributed by atoms with van der Waals surface area (Å²) in [4.78, 5) is 0. The molecule has 2 aromatic rings. The molecule has 0 unspecified atom stereocenters. The molecule has 130 valence electrons. The predicted octanol–water partition coefficient (Wildman–Crippen LogP) is 6.61. The first-order chi connectivity index (χ1) is 12.4. The summed E-state index contributed by atoms with van der Waals surface area (Å²) in [5.74, 6) is -2.17. The number of hydrogen-bond donors (Lipinski definition) is 0. The van der Waals surface area contributed by atoms with Crippen LogP contribution >= 0.6 is 22.6 Å². The van der Waals surface area contributed by atoms with Gasteiger partial charge in [0, 0.05) is 20.3 Å². The van der Waals surface area contributed by atoms with Crippen LogP contribution < -0.4 is 0 Å². The van der Waals surface area contributed by atoms with Crippen LogP contribution in [0.4, 0.5) is 17.6 Å². The summed E-state index contributed by atoms with van der Waals surface area (Å²) in [6.45, 7) is 0. The van der Waals surface area contributed by atoms with Crippen molar-refractivity contribution in [1.82, 2.24) is 0 Å². The second-order valence-corrected chi connectivity index (χ2v) is 6.55. The number of allylic oxidation sites excluding steroid dienone is 5. The molecule has 3 rings (SSSR count). The van der Waals surface area contributed by atoms with Crippen molar-refractivity contribution in [3.05, 3.63) is 94.3 Å². The highest BCUT2D eigenvalue weighted by Crippen LogP contribution is 2.57. The number of halogens is 5. The van der Waals surface area contributed by atoms with Crippen LogP contribution in [-0.4, -0.2) is 6.18 Å². The Morgan fingerprint density at radius 3 is 1.77 bits per heavy atom. The molecule has 0 amide bonds. The molecule has 1 nitrogen and oxygen atoms in total. The van der Waals surface area contributed by atoms with Crippen molar-refractivity contribution >= 4 is 31.7 Å². The van der Waals surface area contributed by atoms with Gasteiger partial charge in [0.15, 0.2) is 0 Å². The predicted molar refractivity (Wildman–Crippen MR) is 101 cm³/mol. The first kappa shape index (κ1) is 18.4. The summed E-state index contributed by atoms with van der Waals surface area (Å²) < 4.78 is 53.4. The summed E-state index contributed by atoms with van der Waals surface area (Å²) in [6.07, 6.45) is -5.10. The second-order valence-electron chi connectivity index (χ2n) is 5.47. The van der Waals surface area contributed by atoms with Gasteiger partial charge < -0.3 is 0 Å². The molecule has 1 saturated carbocycles. The summed E-state index contributed by atoms with van der Waals surface area (Å²) in [5.41, 5.74) is 0.751. The molecular weight excluding hydrogens is 457 g/mol. The molecule has 26 heavy (non-hydrogen) atoms. The Labute approximate surface area is 161 Å². The Bertz CT molecular complexity index is 978. The molecule has 0 saturated heterocycles. The molecule has 0 aliphatic heterocycles. The molecule has 0 N–H and O–H groups in total. The zero-order chi connectivity index (χ0) is 18.9. The van der Waals surface area contributed by atoms with Gasteiger partial charge in [-0.15, -0.1) is 0 Å². The van der Waals surface area contributed by atoms with Gasteiger partial charge in [-0.25, -0.2) is 4.39 Å². The maximum atomic E-state index is 14.1. The maximum Gasteiger partial charge on any atom is 0.443 e. The Morgan fingerprint density at radius 2 is 1.31 bits per heavy atom. The zero-order valence-electron chi connectivity index (χ0n) is 13.1. The fraction of sp³-hybridized carbons (Fsp3) is 0.0500. The molecule has 1 aliphatic carbocycles. The molecule has 2 aromatic carbocycles. The van der Waals surface area contributed by atoms with Crippen LogP contribution in [-0.2, 0) is 0 Å². The minimum Gasteiger partial charge on any atom is -0.201 e. The third-order valence-corrected chi connectivity index (χ3v) is 4.99. The van der Waals surface area contributed by atoms with E-state index in [-0.39, 0.29) is 16.7 Å².